The van der Waals surface area contributed by atoms with Crippen molar-refractivity contribution in [3.05, 3.63) is 30.3 Å². The van der Waals surface area contributed by atoms with E-state index in [2.05, 4.69) is 9.80 Å². The minimum atomic E-state index is -0.609. The number of nitrogens with zero attached hydrogens (tertiary/aromatic N) is 3. The van der Waals surface area contributed by atoms with E-state index in [-0.39, 0.29) is 24.1 Å². The van der Waals surface area contributed by atoms with Crippen LogP contribution in [0, 0.1) is 0 Å². The molecule has 0 spiro atoms. The van der Waals surface area contributed by atoms with E-state index < -0.39 is 11.6 Å². The summed E-state index contributed by atoms with van der Waals surface area (Å²) in [4.78, 5) is 43.5. The highest BCUT2D eigenvalue weighted by Crippen LogP contribution is 2.34. The van der Waals surface area contributed by atoms with Gasteiger partial charge in [-0.3, -0.25) is 24.2 Å². The first-order valence-corrected chi connectivity index (χ1v) is 10.2. The van der Waals surface area contributed by atoms with Crippen LogP contribution in [0.15, 0.2) is 30.3 Å². The fourth-order valence-electron chi connectivity index (χ4n) is 5.00. The zero-order chi connectivity index (χ0) is 19.7. The van der Waals surface area contributed by atoms with Crippen molar-refractivity contribution in [1.82, 2.24) is 9.80 Å². The number of benzene rings is 1. The molecule has 3 heterocycles. The molecule has 0 aliphatic carbocycles. The summed E-state index contributed by atoms with van der Waals surface area (Å²) in [6.45, 7) is 3.02. The molecule has 3 amide bonds. The number of anilines is 1. The van der Waals surface area contributed by atoms with Crippen LogP contribution in [0.3, 0.4) is 0 Å². The van der Waals surface area contributed by atoms with E-state index >= 15 is 0 Å². The smallest absolute Gasteiger partial charge is 0.251 e. The Kier molecular flexibility index (Phi) is 5.21. The van der Waals surface area contributed by atoms with Gasteiger partial charge in [-0.25, -0.2) is 4.90 Å². The molecule has 7 heteroatoms. The molecule has 28 heavy (non-hydrogen) atoms. The van der Waals surface area contributed by atoms with Gasteiger partial charge < -0.3 is 5.73 Å². The number of primary amides is 1. The lowest BCUT2D eigenvalue weighted by Gasteiger charge is -2.48. The fraction of sp³-hybridized carbons (Fsp3) is 0.571. The summed E-state index contributed by atoms with van der Waals surface area (Å²) in [5.41, 5.74) is 5.86. The molecule has 1 unspecified atom stereocenters. The van der Waals surface area contributed by atoms with Crippen molar-refractivity contribution in [1.29, 1.82) is 0 Å². The zero-order valence-corrected chi connectivity index (χ0v) is 16.2. The number of amides is 3. The molecule has 7 nitrogen and oxygen atoms in total. The van der Waals surface area contributed by atoms with Crippen LogP contribution in [0.4, 0.5) is 5.69 Å². The highest BCUT2D eigenvalue weighted by atomic mass is 16.2. The van der Waals surface area contributed by atoms with Crippen molar-refractivity contribution in [2.45, 2.75) is 50.1 Å². The van der Waals surface area contributed by atoms with Crippen molar-refractivity contribution in [3.63, 3.8) is 0 Å². The Hall–Kier alpha value is -2.25. The first-order valence-electron chi connectivity index (χ1n) is 10.2. The molecular formula is C21H28N4O3. The molecule has 0 bridgehead atoms. The molecule has 1 atom stereocenters. The summed E-state index contributed by atoms with van der Waals surface area (Å²) in [5.74, 6) is -0.585. The molecule has 0 radical (unpaired) electrons. The number of piperidine rings is 2. The van der Waals surface area contributed by atoms with Gasteiger partial charge in [0.05, 0.1) is 18.2 Å². The highest BCUT2D eigenvalue weighted by Gasteiger charge is 2.49. The second-order valence-electron chi connectivity index (χ2n) is 8.10. The minimum absolute atomic E-state index is 0.163. The van der Waals surface area contributed by atoms with Gasteiger partial charge in [-0.1, -0.05) is 24.6 Å². The van der Waals surface area contributed by atoms with Crippen LogP contribution < -0.4 is 10.6 Å². The minimum Gasteiger partial charge on any atom is -0.368 e. The number of rotatable bonds is 4. The van der Waals surface area contributed by atoms with Gasteiger partial charge in [-0.2, -0.15) is 0 Å². The molecular weight excluding hydrogens is 356 g/mol. The van der Waals surface area contributed by atoms with E-state index in [1.165, 1.54) is 11.3 Å². The van der Waals surface area contributed by atoms with Crippen LogP contribution in [0.2, 0.25) is 0 Å². The topological polar surface area (TPSA) is 87.0 Å². The molecule has 1 aromatic rings. The molecule has 0 saturated carbocycles. The third-order valence-electron chi connectivity index (χ3n) is 6.62. The summed E-state index contributed by atoms with van der Waals surface area (Å²) in [6, 6.07) is 8.63. The molecule has 4 rings (SSSR count). The van der Waals surface area contributed by atoms with Gasteiger partial charge in [-0.15, -0.1) is 0 Å². The first-order chi connectivity index (χ1) is 13.5. The van der Waals surface area contributed by atoms with Gasteiger partial charge in [0, 0.05) is 13.1 Å². The van der Waals surface area contributed by atoms with E-state index in [9.17, 15) is 14.4 Å². The summed E-state index contributed by atoms with van der Waals surface area (Å²) in [6.07, 6.45) is 4.82. The van der Waals surface area contributed by atoms with E-state index in [4.69, 9.17) is 5.73 Å². The maximum absolute atomic E-state index is 13.0. The summed E-state index contributed by atoms with van der Waals surface area (Å²) in [7, 11) is 0. The standard InChI is InChI=1S/C21H28N4O3/c22-20(28)21(24-11-5-2-6-12-24)9-13-23(14-10-21)17-15-18(26)25(19(17)27)16-7-3-1-4-8-16/h1,3-4,7-8,17H,2,5-6,9-15H2,(H2,22,28). The fourth-order valence-corrected chi connectivity index (χ4v) is 5.00. The van der Waals surface area contributed by atoms with Gasteiger partial charge in [0.25, 0.3) is 5.91 Å². The summed E-state index contributed by atoms with van der Waals surface area (Å²) < 4.78 is 0. The van der Waals surface area contributed by atoms with Gasteiger partial charge in [0.1, 0.15) is 5.54 Å². The third-order valence-corrected chi connectivity index (χ3v) is 6.62. The van der Waals surface area contributed by atoms with Gasteiger partial charge >= 0.3 is 0 Å². The average molecular weight is 384 g/mol. The number of nitrogens with two attached hydrogens (primary N) is 1. The second-order valence-corrected chi connectivity index (χ2v) is 8.10. The molecule has 3 aliphatic heterocycles. The SMILES string of the molecule is NC(=O)C1(N2CCCCC2)CCN(C2CC(=O)N(c3ccccc3)C2=O)CC1. The Morgan fingerprint density at radius 2 is 1.61 bits per heavy atom. The molecule has 0 aromatic heterocycles. The van der Waals surface area contributed by atoms with E-state index in [0.29, 0.717) is 31.6 Å². The lowest BCUT2D eigenvalue weighted by Crippen LogP contribution is -2.64. The Balaban J connectivity index is 1.47. The number of hydrogen-bond acceptors (Lipinski definition) is 5. The van der Waals surface area contributed by atoms with E-state index in [1.807, 2.05) is 18.2 Å². The maximum atomic E-state index is 13.0. The number of carbonyl (C=O) groups is 3. The van der Waals surface area contributed by atoms with Crippen LogP contribution in [0.25, 0.3) is 0 Å². The summed E-state index contributed by atoms with van der Waals surface area (Å²) in [5, 5.41) is 0. The number of likely N-dealkylation sites (tertiary alicyclic amines) is 2. The number of para-hydroxylation sites is 1. The van der Waals surface area contributed by atoms with Crippen LogP contribution in [0.1, 0.15) is 38.5 Å². The van der Waals surface area contributed by atoms with Crippen molar-refractivity contribution < 1.29 is 14.4 Å². The van der Waals surface area contributed by atoms with Crippen LogP contribution in [-0.2, 0) is 14.4 Å². The van der Waals surface area contributed by atoms with E-state index in [1.54, 1.807) is 12.1 Å². The number of carbonyl (C=O) groups excluding carboxylic acids is 3. The van der Waals surface area contributed by atoms with Crippen molar-refractivity contribution in [2.24, 2.45) is 5.73 Å². The zero-order valence-electron chi connectivity index (χ0n) is 16.2. The Labute approximate surface area is 165 Å². The normalized spacial score (nSPS) is 26.6. The predicted octanol–water partition coefficient (Wildman–Crippen LogP) is 1.12. The highest BCUT2D eigenvalue weighted by molar-refractivity contribution is 6.22. The van der Waals surface area contributed by atoms with E-state index in [0.717, 1.165) is 25.9 Å². The molecule has 3 saturated heterocycles. The Morgan fingerprint density at radius 1 is 0.964 bits per heavy atom. The van der Waals surface area contributed by atoms with Gasteiger partial charge in [0.15, 0.2) is 0 Å². The summed E-state index contributed by atoms with van der Waals surface area (Å²) >= 11 is 0. The number of imide groups is 1. The van der Waals surface area contributed by atoms with Crippen LogP contribution in [-0.4, -0.2) is 65.3 Å². The molecule has 150 valence electrons. The third kappa shape index (κ3) is 3.22. The van der Waals surface area contributed by atoms with Crippen molar-refractivity contribution in [3.8, 4) is 0 Å². The lowest BCUT2D eigenvalue weighted by atomic mass is 9.83. The quantitative estimate of drug-likeness (QED) is 0.787. The van der Waals surface area contributed by atoms with Crippen molar-refractivity contribution in [2.75, 3.05) is 31.1 Å². The number of hydrogen-bond donors (Lipinski definition) is 1. The molecule has 3 fully saturated rings. The van der Waals surface area contributed by atoms with Crippen LogP contribution in [0.5, 0.6) is 0 Å². The predicted molar refractivity (Wildman–Crippen MR) is 105 cm³/mol. The van der Waals surface area contributed by atoms with Crippen LogP contribution >= 0.6 is 0 Å². The maximum Gasteiger partial charge on any atom is 0.251 e. The lowest BCUT2D eigenvalue weighted by molar-refractivity contribution is -0.136. The largest absolute Gasteiger partial charge is 0.368 e. The molecule has 2 N–H and O–H groups in total. The molecule has 3 aliphatic rings. The monoisotopic (exact) mass is 384 g/mol. The van der Waals surface area contributed by atoms with Gasteiger partial charge in [0.2, 0.25) is 11.8 Å². The first kappa shape index (κ1) is 19.1. The van der Waals surface area contributed by atoms with Crippen molar-refractivity contribution >= 4 is 23.4 Å². The second kappa shape index (κ2) is 7.64. The average Bonchev–Trinajstić information content (AvgIpc) is 3.03. The Bertz CT molecular complexity index is 752. The Morgan fingerprint density at radius 3 is 2.21 bits per heavy atom. The molecule has 1 aromatic carbocycles. The van der Waals surface area contributed by atoms with Gasteiger partial charge in [-0.05, 0) is 50.9 Å².